The summed E-state index contributed by atoms with van der Waals surface area (Å²) in [6, 6.07) is -1.01. The number of aromatic nitrogens is 3. The van der Waals surface area contributed by atoms with E-state index in [2.05, 4.69) is 25.0 Å². The zero-order valence-electron chi connectivity index (χ0n) is 14.7. The lowest BCUT2D eigenvalue weighted by molar-refractivity contribution is -0.301. The van der Waals surface area contributed by atoms with E-state index in [1.54, 1.807) is 4.90 Å². The van der Waals surface area contributed by atoms with Gasteiger partial charge in [-0.3, -0.25) is 0 Å². The van der Waals surface area contributed by atoms with Gasteiger partial charge in [-0.05, 0) is 19.3 Å². The first kappa shape index (κ1) is 21.3. The van der Waals surface area contributed by atoms with Crippen molar-refractivity contribution in [1.29, 1.82) is 0 Å². The molecule has 0 saturated carbocycles. The molecule has 0 atom stereocenters. The molecule has 154 valence electrons. The molecule has 0 radical (unpaired) electrons. The van der Waals surface area contributed by atoms with Gasteiger partial charge in [0, 0.05) is 19.6 Å². The molecule has 1 saturated heterocycles. The molecule has 0 aromatic carbocycles. The summed E-state index contributed by atoms with van der Waals surface area (Å²) in [5.41, 5.74) is 0. The van der Waals surface area contributed by atoms with E-state index in [4.69, 9.17) is 0 Å². The number of ether oxygens (including phenoxy) is 1. The number of hydrogen-bond acceptors (Lipinski definition) is 6. The van der Waals surface area contributed by atoms with Crippen molar-refractivity contribution >= 4 is 11.9 Å². The summed E-state index contributed by atoms with van der Waals surface area (Å²) in [6.45, 7) is 3.34. The zero-order valence-corrected chi connectivity index (χ0v) is 14.7. The van der Waals surface area contributed by atoms with Crippen LogP contribution in [0.25, 0.3) is 0 Å². The third kappa shape index (κ3) is 6.28. The monoisotopic (exact) mass is 401 g/mol. The Bertz CT molecular complexity index is 587. The normalized spacial score (nSPS) is 16.4. The van der Waals surface area contributed by atoms with Crippen molar-refractivity contribution in [3.8, 4) is 6.01 Å². The van der Waals surface area contributed by atoms with Crippen LogP contribution in [-0.2, 0) is 0 Å². The molecule has 0 aliphatic carbocycles. The van der Waals surface area contributed by atoms with Gasteiger partial charge >= 0.3 is 18.4 Å². The minimum Gasteiger partial charge on any atom is -0.440 e. The van der Waals surface area contributed by atoms with Gasteiger partial charge in [-0.25, -0.2) is 0 Å². The largest absolute Gasteiger partial charge is 0.440 e. The molecule has 1 aliphatic heterocycles. The molecule has 1 N–H and O–H groups in total. The lowest BCUT2D eigenvalue weighted by Gasteiger charge is -2.24. The van der Waals surface area contributed by atoms with Gasteiger partial charge < -0.3 is 15.0 Å². The van der Waals surface area contributed by atoms with Gasteiger partial charge in [0.15, 0.2) is 0 Å². The van der Waals surface area contributed by atoms with Crippen molar-refractivity contribution in [1.82, 2.24) is 15.0 Å². The van der Waals surface area contributed by atoms with E-state index >= 15 is 0 Å². The predicted molar refractivity (Wildman–Crippen MR) is 85.8 cm³/mol. The van der Waals surface area contributed by atoms with Crippen LogP contribution in [0.15, 0.2) is 0 Å². The average molecular weight is 401 g/mol. The van der Waals surface area contributed by atoms with Crippen LogP contribution in [0.2, 0.25) is 0 Å². The number of halogens is 6. The molecule has 2 rings (SSSR count). The van der Waals surface area contributed by atoms with Crippen molar-refractivity contribution in [3.63, 3.8) is 0 Å². The van der Waals surface area contributed by atoms with E-state index in [9.17, 15) is 26.3 Å². The van der Waals surface area contributed by atoms with Crippen LogP contribution in [0.3, 0.4) is 0 Å². The fraction of sp³-hybridized carbons (Fsp3) is 0.800. The quantitative estimate of drug-likeness (QED) is 0.729. The van der Waals surface area contributed by atoms with Crippen molar-refractivity contribution in [2.45, 2.75) is 57.5 Å². The molecule has 1 aromatic heterocycles. The Morgan fingerprint density at radius 1 is 0.963 bits per heavy atom. The fourth-order valence-corrected chi connectivity index (χ4v) is 2.55. The molecule has 1 aliphatic rings. The van der Waals surface area contributed by atoms with Crippen LogP contribution in [0.4, 0.5) is 38.2 Å². The van der Waals surface area contributed by atoms with Gasteiger partial charge in [0.25, 0.3) is 6.10 Å². The van der Waals surface area contributed by atoms with Gasteiger partial charge in [0.1, 0.15) is 0 Å². The molecular weight excluding hydrogens is 380 g/mol. The van der Waals surface area contributed by atoms with Crippen LogP contribution in [0, 0.1) is 0 Å². The Labute approximate surface area is 152 Å². The molecule has 0 spiro atoms. The number of rotatable bonds is 6. The Morgan fingerprint density at radius 3 is 2.07 bits per heavy atom. The number of anilines is 2. The summed E-state index contributed by atoms with van der Waals surface area (Å²) in [6.07, 6.45) is -11.0. The van der Waals surface area contributed by atoms with E-state index in [1.807, 2.05) is 6.92 Å². The van der Waals surface area contributed by atoms with Gasteiger partial charge in [0.2, 0.25) is 11.9 Å². The average Bonchev–Trinajstić information content (AvgIpc) is 2.85. The summed E-state index contributed by atoms with van der Waals surface area (Å²) in [5.74, 6) is -0.118. The highest BCUT2D eigenvalue weighted by atomic mass is 19.4. The van der Waals surface area contributed by atoms with Gasteiger partial charge in [-0.1, -0.05) is 19.8 Å². The van der Waals surface area contributed by atoms with E-state index < -0.39 is 24.5 Å². The van der Waals surface area contributed by atoms with Crippen LogP contribution >= 0.6 is 0 Å². The Morgan fingerprint density at radius 2 is 1.56 bits per heavy atom. The highest BCUT2D eigenvalue weighted by Gasteiger charge is 2.59. The first-order chi connectivity index (χ1) is 12.6. The first-order valence-corrected chi connectivity index (χ1v) is 8.66. The molecule has 1 fully saturated rings. The standard InChI is InChI=1S/C15H21F6N5O/c1-2-7-22-11-23-12(26-8-5-3-4-6-9-26)25-13(24-11)27-10(14(16,17)18)15(19,20)21/h10H,2-9H2,1H3,(H,22,23,24,25). The summed E-state index contributed by atoms with van der Waals surface area (Å²) in [4.78, 5) is 13.1. The smallest absolute Gasteiger partial charge is 0.434 e. The molecule has 12 heteroatoms. The number of nitrogens with zero attached hydrogens (tertiary/aromatic N) is 4. The maximum atomic E-state index is 12.8. The summed E-state index contributed by atoms with van der Waals surface area (Å²) in [7, 11) is 0. The maximum Gasteiger partial charge on any atom is 0.434 e. The second kappa shape index (κ2) is 8.79. The Kier molecular flexibility index (Phi) is 6.93. The molecule has 2 heterocycles. The third-order valence-electron chi connectivity index (χ3n) is 3.84. The topological polar surface area (TPSA) is 63.2 Å². The van der Waals surface area contributed by atoms with Crippen LogP contribution in [-0.4, -0.2) is 53.0 Å². The molecule has 6 nitrogen and oxygen atoms in total. The molecular formula is C15H21F6N5O. The van der Waals surface area contributed by atoms with Crippen LogP contribution in [0.1, 0.15) is 39.0 Å². The Hall–Kier alpha value is -2.01. The summed E-state index contributed by atoms with van der Waals surface area (Å²) in [5, 5.41) is 2.75. The number of alkyl halides is 6. The minimum absolute atomic E-state index is 0.00334. The van der Waals surface area contributed by atoms with Crippen molar-refractivity contribution in [2.24, 2.45) is 0 Å². The van der Waals surface area contributed by atoms with Crippen molar-refractivity contribution < 1.29 is 31.1 Å². The molecule has 0 unspecified atom stereocenters. The second-order valence-electron chi connectivity index (χ2n) is 6.15. The van der Waals surface area contributed by atoms with Crippen LogP contribution in [0.5, 0.6) is 6.01 Å². The van der Waals surface area contributed by atoms with E-state index in [0.717, 1.165) is 25.7 Å². The van der Waals surface area contributed by atoms with E-state index in [-0.39, 0.29) is 11.9 Å². The van der Waals surface area contributed by atoms with Crippen LogP contribution < -0.4 is 15.0 Å². The van der Waals surface area contributed by atoms with Crippen molar-refractivity contribution in [2.75, 3.05) is 29.9 Å². The maximum absolute atomic E-state index is 12.8. The minimum atomic E-state index is -5.65. The van der Waals surface area contributed by atoms with E-state index in [1.165, 1.54) is 0 Å². The summed E-state index contributed by atoms with van der Waals surface area (Å²) >= 11 is 0. The number of hydrogen-bond donors (Lipinski definition) is 1. The second-order valence-corrected chi connectivity index (χ2v) is 6.15. The van der Waals surface area contributed by atoms with Gasteiger partial charge in [-0.2, -0.15) is 41.3 Å². The molecule has 27 heavy (non-hydrogen) atoms. The summed E-state index contributed by atoms with van der Waals surface area (Å²) < 4.78 is 80.8. The molecule has 0 bridgehead atoms. The highest BCUT2D eigenvalue weighted by molar-refractivity contribution is 5.38. The van der Waals surface area contributed by atoms with Gasteiger partial charge in [0.05, 0.1) is 0 Å². The zero-order chi connectivity index (χ0) is 20.1. The number of nitrogens with one attached hydrogen (secondary N) is 1. The lowest BCUT2D eigenvalue weighted by Crippen LogP contribution is -2.47. The van der Waals surface area contributed by atoms with E-state index in [0.29, 0.717) is 26.1 Å². The highest BCUT2D eigenvalue weighted by Crippen LogP contribution is 2.36. The van der Waals surface area contributed by atoms with Gasteiger partial charge in [-0.15, -0.1) is 0 Å². The molecule has 1 aromatic rings. The first-order valence-electron chi connectivity index (χ1n) is 8.66. The predicted octanol–water partition coefficient (Wildman–Crippen LogP) is 3.95. The Balaban J connectivity index is 2.34. The molecule has 0 amide bonds. The fourth-order valence-electron chi connectivity index (χ4n) is 2.55. The van der Waals surface area contributed by atoms with Crippen molar-refractivity contribution in [3.05, 3.63) is 0 Å². The third-order valence-corrected chi connectivity index (χ3v) is 3.84. The SMILES string of the molecule is CCCNc1nc(OC(C(F)(F)F)C(F)(F)F)nc(N2CCCCCC2)n1. The lowest BCUT2D eigenvalue weighted by atomic mass is 10.2.